The summed E-state index contributed by atoms with van der Waals surface area (Å²) in [5, 5.41) is 3.47. The zero-order chi connectivity index (χ0) is 15.4. The number of halogens is 3. The third-order valence-corrected chi connectivity index (χ3v) is 6.37. The lowest BCUT2D eigenvalue weighted by atomic mass is 10.0. The van der Waals surface area contributed by atoms with Crippen molar-refractivity contribution in [1.82, 2.24) is 5.32 Å². The van der Waals surface area contributed by atoms with Gasteiger partial charge in [0.1, 0.15) is 11.6 Å². The van der Waals surface area contributed by atoms with E-state index in [0.717, 1.165) is 31.7 Å². The summed E-state index contributed by atoms with van der Waals surface area (Å²) in [6.45, 7) is 2.95. The Morgan fingerprint density at radius 3 is 2.67 bits per heavy atom. The first kappa shape index (κ1) is 16.9. The lowest BCUT2D eigenvalue weighted by Gasteiger charge is -2.20. The quantitative estimate of drug-likeness (QED) is 0.644. The summed E-state index contributed by atoms with van der Waals surface area (Å²) in [6, 6.07) is 6.57. The molecular formula is C15H16Br2FNOS. The van der Waals surface area contributed by atoms with Crippen molar-refractivity contribution in [3.8, 4) is 5.75 Å². The molecule has 0 fully saturated rings. The lowest BCUT2D eigenvalue weighted by Crippen LogP contribution is -2.23. The SMILES string of the molecule is CCCNC(c1cc(Br)c(Br)s1)c1cc(F)ccc1OC. The Kier molecular flexibility index (Phi) is 6.22. The molecule has 114 valence electrons. The molecule has 0 bridgehead atoms. The second-order valence-electron chi connectivity index (χ2n) is 4.54. The van der Waals surface area contributed by atoms with Gasteiger partial charge in [0.15, 0.2) is 0 Å². The molecule has 0 aliphatic heterocycles. The molecule has 1 heterocycles. The first-order valence-electron chi connectivity index (χ1n) is 6.58. The second kappa shape index (κ2) is 7.72. The normalized spacial score (nSPS) is 12.4. The minimum Gasteiger partial charge on any atom is -0.496 e. The van der Waals surface area contributed by atoms with Gasteiger partial charge in [0.2, 0.25) is 0 Å². The van der Waals surface area contributed by atoms with Gasteiger partial charge >= 0.3 is 0 Å². The highest BCUT2D eigenvalue weighted by Gasteiger charge is 2.21. The van der Waals surface area contributed by atoms with Gasteiger partial charge in [0.25, 0.3) is 0 Å². The van der Waals surface area contributed by atoms with Crippen LogP contribution >= 0.6 is 43.2 Å². The van der Waals surface area contributed by atoms with Crippen LogP contribution in [0.15, 0.2) is 32.5 Å². The molecule has 1 N–H and O–H groups in total. The summed E-state index contributed by atoms with van der Waals surface area (Å²) >= 11 is 8.64. The number of nitrogens with one attached hydrogen (secondary N) is 1. The molecular weight excluding hydrogens is 421 g/mol. The predicted molar refractivity (Wildman–Crippen MR) is 92.8 cm³/mol. The lowest BCUT2D eigenvalue weighted by molar-refractivity contribution is 0.402. The van der Waals surface area contributed by atoms with Gasteiger partial charge in [-0.15, -0.1) is 11.3 Å². The van der Waals surface area contributed by atoms with E-state index in [4.69, 9.17) is 4.74 Å². The van der Waals surface area contributed by atoms with Gasteiger partial charge in [0, 0.05) is 14.9 Å². The van der Waals surface area contributed by atoms with Crippen LogP contribution in [0.3, 0.4) is 0 Å². The van der Waals surface area contributed by atoms with E-state index >= 15 is 0 Å². The van der Waals surface area contributed by atoms with Gasteiger partial charge in [-0.2, -0.15) is 0 Å². The standard InChI is InChI=1S/C15H16Br2FNOS/c1-3-6-19-14(13-8-11(16)15(17)21-13)10-7-9(18)4-5-12(10)20-2/h4-5,7-8,14,19H,3,6H2,1-2H3. The Morgan fingerprint density at radius 2 is 2.10 bits per heavy atom. The molecule has 0 saturated carbocycles. The van der Waals surface area contributed by atoms with Crippen molar-refractivity contribution >= 4 is 43.2 Å². The third-order valence-electron chi connectivity index (χ3n) is 3.05. The predicted octanol–water partition coefficient (Wildman–Crippen LogP) is 5.51. The van der Waals surface area contributed by atoms with Crippen LogP contribution in [0.1, 0.15) is 29.8 Å². The minimum atomic E-state index is -0.260. The maximum atomic E-state index is 13.7. The van der Waals surface area contributed by atoms with Gasteiger partial charge in [-0.25, -0.2) is 4.39 Å². The van der Waals surface area contributed by atoms with E-state index in [9.17, 15) is 4.39 Å². The van der Waals surface area contributed by atoms with Gasteiger partial charge in [-0.1, -0.05) is 6.92 Å². The number of hydrogen-bond donors (Lipinski definition) is 1. The molecule has 2 aromatic rings. The molecule has 6 heteroatoms. The zero-order valence-electron chi connectivity index (χ0n) is 11.8. The zero-order valence-corrected chi connectivity index (χ0v) is 15.7. The van der Waals surface area contributed by atoms with Crippen LogP contribution < -0.4 is 10.1 Å². The molecule has 1 aromatic heterocycles. The van der Waals surface area contributed by atoms with Crippen LogP contribution in [0.25, 0.3) is 0 Å². The minimum absolute atomic E-state index is 0.0943. The first-order chi connectivity index (χ1) is 10.1. The van der Waals surface area contributed by atoms with E-state index in [1.807, 2.05) is 6.07 Å². The molecule has 2 nitrogen and oxygen atoms in total. The first-order valence-corrected chi connectivity index (χ1v) is 8.98. The van der Waals surface area contributed by atoms with E-state index in [2.05, 4.69) is 44.1 Å². The maximum absolute atomic E-state index is 13.7. The van der Waals surface area contributed by atoms with Crippen molar-refractivity contribution in [2.24, 2.45) is 0 Å². The number of methoxy groups -OCH3 is 1. The Hall–Kier alpha value is -0.430. The van der Waals surface area contributed by atoms with Gasteiger partial charge in [0.05, 0.1) is 16.9 Å². The maximum Gasteiger partial charge on any atom is 0.124 e. The van der Waals surface area contributed by atoms with E-state index in [-0.39, 0.29) is 11.9 Å². The molecule has 0 saturated heterocycles. The molecule has 1 atom stereocenters. The molecule has 1 unspecified atom stereocenters. The third kappa shape index (κ3) is 4.06. The summed E-state index contributed by atoms with van der Waals surface area (Å²) in [5.41, 5.74) is 0.812. The Balaban J connectivity index is 2.47. The van der Waals surface area contributed by atoms with Crippen LogP contribution in [0.5, 0.6) is 5.75 Å². The van der Waals surface area contributed by atoms with Crippen molar-refractivity contribution in [3.05, 3.63) is 48.8 Å². The second-order valence-corrected chi connectivity index (χ2v) is 7.80. The summed E-state index contributed by atoms with van der Waals surface area (Å²) in [7, 11) is 1.61. The van der Waals surface area contributed by atoms with Crippen LogP contribution in [-0.2, 0) is 0 Å². The van der Waals surface area contributed by atoms with Gasteiger partial charge in [-0.3, -0.25) is 0 Å². The molecule has 0 aliphatic carbocycles. The number of ether oxygens (including phenoxy) is 1. The fourth-order valence-corrected chi connectivity index (χ4v) is 4.27. The van der Waals surface area contributed by atoms with Crippen molar-refractivity contribution in [2.75, 3.05) is 13.7 Å². The van der Waals surface area contributed by atoms with Crippen molar-refractivity contribution in [2.45, 2.75) is 19.4 Å². The summed E-state index contributed by atoms with van der Waals surface area (Å²) < 4.78 is 21.1. The van der Waals surface area contributed by atoms with Gasteiger partial charge in [-0.05, 0) is 69.1 Å². The molecule has 0 amide bonds. The van der Waals surface area contributed by atoms with Crippen molar-refractivity contribution in [3.63, 3.8) is 0 Å². The average Bonchev–Trinajstić information content (AvgIpc) is 2.79. The van der Waals surface area contributed by atoms with Gasteiger partial charge < -0.3 is 10.1 Å². The van der Waals surface area contributed by atoms with Crippen LogP contribution in [-0.4, -0.2) is 13.7 Å². The number of benzene rings is 1. The van der Waals surface area contributed by atoms with Crippen LogP contribution in [0, 0.1) is 5.82 Å². The number of rotatable bonds is 6. The number of hydrogen-bond acceptors (Lipinski definition) is 3. The van der Waals surface area contributed by atoms with E-state index in [1.54, 1.807) is 24.5 Å². The molecule has 1 aromatic carbocycles. The highest BCUT2D eigenvalue weighted by molar-refractivity contribution is 9.13. The summed E-state index contributed by atoms with van der Waals surface area (Å²) in [6.07, 6.45) is 1.00. The summed E-state index contributed by atoms with van der Waals surface area (Å²) in [5.74, 6) is 0.425. The fourth-order valence-electron chi connectivity index (χ4n) is 2.09. The van der Waals surface area contributed by atoms with Crippen molar-refractivity contribution in [1.29, 1.82) is 0 Å². The van der Waals surface area contributed by atoms with Crippen molar-refractivity contribution < 1.29 is 9.13 Å². The topological polar surface area (TPSA) is 21.3 Å². The smallest absolute Gasteiger partial charge is 0.124 e. The fraction of sp³-hybridized carbons (Fsp3) is 0.333. The number of thiophene rings is 1. The van der Waals surface area contributed by atoms with E-state index < -0.39 is 0 Å². The van der Waals surface area contributed by atoms with Crippen LogP contribution in [0.2, 0.25) is 0 Å². The monoisotopic (exact) mass is 435 g/mol. The average molecular weight is 437 g/mol. The van der Waals surface area contributed by atoms with E-state index in [0.29, 0.717) is 5.75 Å². The molecule has 0 radical (unpaired) electrons. The molecule has 0 aliphatic rings. The molecule has 21 heavy (non-hydrogen) atoms. The largest absolute Gasteiger partial charge is 0.496 e. The highest BCUT2D eigenvalue weighted by atomic mass is 79.9. The Bertz CT molecular complexity index is 598. The van der Waals surface area contributed by atoms with Crippen LogP contribution in [0.4, 0.5) is 4.39 Å². The molecule has 2 rings (SSSR count). The highest BCUT2D eigenvalue weighted by Crippen LogP contribution is 2.39. The Morgan fingerprint density at radius 1 is 1.33 bits per heavy atom. The van der Waals surface area contributed by atoms with E-state index in [1.165, 1.54) is 12.1 Å². The molecule has 0 spiro atoms. The summed E-state index contributed by atoms with van der Waals surface area (Å²) in [4.78, 5) is 1.10. The Labute approximate surface area is 145 Å².